The Balaban J connectivity index is 2.90. The Morgan fingerprint density at radius 1 is 1.33 bits per heavy atom. The minimum atomic E-state index is -3.68. The van der Waals surface area contributed by atoms with E-state index in [-0.39, 0.29) is 4.90 Å². The van der Waals surface area contributed by atoms with Crippen molar-refractivity contribution >= 4 is 10.0 Å². The van der Waals surface area contributed by atoms with Gasteiger partial charge in [0.15, 0.2) is 0 Å². The van der Waals surface area contributed by atoms with Crippen LogP contribution in [0.4, 0.5) is 0 Å². The Morgan fingerprint density at radius 3 is 2.33 bits per heavy atom. The topological polar surface area (TPSA) is 69.4 Å². The van der Waals surface area contributed by atoms with E-state index in [1.807, 2.05) is 6.08 Å². The van der Waals surface area contributed by atoms with Gasteiger partial charge >= 0.3 is 0 Å². The van der Waals surface area contributed by atoms with Crippen LogP contribution in [0.5, 0.6) is 5.75 Å². The standard InChI is InChI=1S/C13H19NO3S/c1-4-5-6-7-17-12-8-10(2)13(11(3)9-12)18(14,15)16/h4,8-9H,1,5-7H2,2-3H3,(H2,14,15,16). The molecule has 4 nitrogen and oxygen atoms in total. The van der Waals surface area contributed by atoms with Gasteiger partial charge in [-0.05, 0) is 49.9 Å². The molecule has 0 bridgehead atoms. The summed E-state index contributed by atoms with van der Waals surface area (Å²) < 4.78 is 28.4. The zero-order valence-corrected chi connectivity index (χ0v) is 11.6. The molecule has 1 rings (SSSR count). The van der Waals surface area contributed by atoms with Crippen LogP contribution in [0.1, 0.15) is 24.0 Å². The maximum Gasteiger partial charge on any atom is 0.238 e. The number of aryl methyl sites for hydroxylation is 2. The van der Waals surface area contributed by atoms with Crippen molar-refractivity contribution in [1.82, 2.24) is 0 Å². The van der Waals surface area contributed by atoms with Gasteiger partial charge in [-0.1, -0.05) is 6.08 Å². The lowest BCUT2D eigenvalue weighted by molar-refractivity contribution is 0.311. The largest absolute Gasteiger partial charge is 0.494 e. The highest BCUT2D eigenvalue weighted by molar-refractivity contribution is 7.89. The fraction of sp³-hybridized carbons (Fsp3) is 0.385. The molecule has 0 radical (unpaired) electrons. The molecule has 0 amide bonds. The molecule has 1 aromatic carbocycles. The van der Waals surface area contributed by atoms with Gasteiger partial charge in [0.1, 0.15) is 5.75 Å². The summed E-state index contributed by atoms with van der Waals surface area (Å²) >= 11 is 0. The summed E-state index contributed by atoms with van der Waals surface area (Å²) in [4.78, 5) is 0.181. The summed E-state index contributed by atoms with van der Waals surface area (Å²) in [5.74, 6) is 0.668. The van der Waals surface area contributed by atoms with Crippen molar-refractivity contribution < 1.29 is 13.2 Å². The normalized spacial score (nSPS) is 11.3. The van der Waals surface area contributed by atoms with Crippen molar-refractivity contribution in [3.8, 4) is 5.75 Å². The number of hydrogen-bond donors (Lipinski definition) is 1. The van der Waals surface area contributed by atoms with Crippen LogP contribution in [-0.2, 0) is 10.0 Å². The molecule has 1 aromatic rings. The van der Waals surface area contributed by atoms with Gasteiger partial charge in [-0.25, -0.2) is 13.6 Å². The first-order valence-electron chi connectivity index (χ1n) is 5.74. The predicted molar refractivity (Wildman–Crippen MR) is 72.2 cm³/mol. The van der Waals surface area contributed by atoms with E-state index in [1.54, 1.807) is 26.0 Å². The lowest BCUT2D eigenvalue weighted by Crippen LogP contribution is -2.15. The van der Waals surface area contributed by atoms with Crippen molar-refractivity contribution in [2.75, 3.05) is 6.61 Å². The number of sulfonamides is 1. The fourth-order valence-electron chi connectivity index (χ4n) is 1.86. The SMILES string of the molecule is C=CCCCOc1cc(C)c(S(N)(=O)=O)c(C)c1. The number of ether oxygens (including phenoxy) is 1. The summed E-state index contributed by atoms with van der Waals surface area (Å²) in [5.41, 5.74) is 1.22. The maximum atomic E-state index is 11.4. The number of nitrogens with two attached hydrogens (primary N) is 1. The highest BCUT2D eigenvalue weighted by Gasteiger charge is 2.15. The molecule has 0 aliphatic rings. The molecule has 5 heteroatoms. The van der Waals surface area contributed by atoms with Gasteiger partial charge in [0, 0.05) is 0 Å². The highest BCUT2D eigenvalue weighted by atomic mass is 32.2. The summed E-state index contributed by atoms with van der Waals surface area (Å²) in [5, 5.41) is 5.17. The second kappa shape index (κ2) is 6.02. The summed E-state index contributed by atoms with van der Waals surface area (Å²) in [6.07, 6.45) is 3.62. The number of allylic oxidation sites excluding steroid dienone is 1. The second-order valence-corrected chi connectivity index (χ2v) is 5.71. The van der Waals surface area contributed by atoms with Crippen LogP contribution in [0.25, 0.3) is 0 Å². The molecule has 0 spiro atoms. The fourth-order valence-corrected chi connectivity index (χ4v) is 2.88. The molecule has 0 atom stereocenters. The minimum Gasteiger partial charge on any atom is -0.494 e. The Labute approximate surface area is 109 Å². The first-order valence-corrected chi connectivity index (χ1v) is 7.28. The lowest BCUT2D eigenvalue weighted by Gasteiger charge is -2.11. The van der Waals surface area contributed by atoms with Crippen molar-refractivity contribution in [3.05, 3.63) is 35.9 Å². The molecule has 0 unspecified atom stereocenters. The lowest BCUT2D eigenvalue weighted by atomic mass is 10.1. The minimum absolute atomic E-state index is 0.181. The average Bonchev–Trinajstić information content (AvgIpc) is 2.21. The quantitative estimate of drug-likeness (QED) is 0.636. The molecule has 0 heterocycles. The Bertz CT molecular complexity index is 512. The Morgan fingerprint density at radius 2 is 1.89 bits per heavy atom. The van der Waals surface area contributed by atoms with Gasteiger partial charge in [-0.2, -0.15) is 0 Å². The van der Waals surface area contributed by atoms with Gasteiger partial charge in [0.2, 0.25) is 10.0 Å². The molecular formula is C13H19NO3S. The summed E-state index contributed by atoms with van der Waals surface area (Å²) in [7, 11) is -3.68. The number of rotatable bonds is 6. The van der Waals surface area contributed by atoms with Gasteiger partial charge in [-0.3, -0.25) is 0 Å². The first kappa shape index (κ1) is 14.7. The molecule has 100 valence electrons. The molecule has 0 fully saturated rings. The molecule has 2 N–H and O–H groups in total. The van der Waals surface area contributed by atoms with E-state index in [4.69, 9.17) is 9.88 Å². The van der Waals surface area contributed by atoms with Crippen molar-refractivity contribution in [1.29, 1.82) is 0 Å². The number of hydrogen-bond acceptors (Lipinski definition) is 3. The zero-order valence-electron chi connectivity index (χ0n) is 10.8. The van der Waals surface area contributed by atoms with E-state index in [2.05, 4.69) is 6.58 Å². The van der Waals surface area contributed by atoms with Crippen molar-refractivity contribution in [2.45, 2.75) is 31.6 Å². The molecule has 0 aliphatic heterocycles. The molecule has 0 saturated carbocycles. The highest BCUT2D eigenvalue weighted by Crippen LogP contribution is 2.24. The number of primary sulfonamides is 1. The average molecular weight is 269 g/mol. The van der Waals surface area contributed by atoms with E-state index in [1.165, 1.54) is 0 Å². The van der Waals surface area contributed by atoms with Gasteiger partial charge in [0.25, 0.3) is 0 Å². The Kier molecular flexibility index (Phi) is 4.93. The second-order valence-electron chi connectivity index (χ2n) is 4.21. The van der Waals surface area contributed by atoms with E-state index >= 15 is 0 Å². The van der Waals surface area contributed by atoms with Gasteiger partial charge in [0.05, 0.1) is 11.5 Å². The van der Waals surface area contributed by atoms with E-state index in [9.17, 15) is 8.42 Å². The van der Waals surface area contributed by atoms with Gasteiger partial charge in [-0.15, -0.1) is 6.58 Å². The monoisotopic (exact) mass is 269 g/mol. The zero-order chi connectivity index (χ0) is 13.8. The molecule has 0 saturated heterocycles. The van der Waals surface area contributed by atoms with Crippen LogP contribution in [0, 0.1) is 13.8 Å². The van der Waals surface area contributed by atoms with Crippen LogP contribution in [0.2, 0.25) is 0 Å². The maximum absolute atomic E-state index is 11.4. The number of unbranched alkanes of at least 4 members (excludes halogenated alkanes) is 1. The van der Waals surface area contributed by atoms with Crippen molar-refractivity contribution in [2.24, 2.45) is 5.14 Å². The van der Waals surface area contributed by atoms with Crippen LogP contribution in [-0.4, -0.2) is 15.0 Å². The van der Waals surface area contributed by atoms with Crippen LogP contribution in [0.15, 0.2) is 29.7 Å². The molecule has 18 heavy (non-hydrogen) atoms. The number of benzene rings is 1. The van der Waals surface area contributed by atoms with Crippen molar-refractivity contribution in [3.63, 3.8) is 0 Å². The third kappa shape index (κ3) is 3.85. The van der Waals surface area contributed by atoms with E-state index < -0.39 is 10.0 Å². The summed E-state index contributed by atoms with van der Waals surface area (Å²) in [6.45, 7) is 7.64. The smallest absolute Gasteiger partial charge is 0.238 e. The van der Waals surface area contributed by atoms with E-state index in [0.29, 0.717) is 23.5 Å². The third-order valence-electron chi connectivity index (χ3n) is 2.54. The molecule has 0 aliphatic carbocycles. The Hall–Kier alpha value is -1.33. The van der Waals surface area contributed by atoms with Crippen LogP contribution < -0.4 is 9.88 Å². The van der Waals surface area contributed by atoms with Gasteiger partial charge < -0.3 is 4.74 Å². The van der Waals surface area contributed by atoms with Crippen LogP contribution >= 0.6 is 0 Å². The summed E-state index contributed by atoms with van der Waals surface area (Å²) in [6, 6.07) is 3.39. The van der Waals surface area contributed by atoms with E-state index in [0.717, 1.165) is 12.8 Å². The van der Waals surface area contributed by atoms with Crippen LogP contribution in [0.3, 0.4) is 0 Å². The predicted octanol–water partition coefficient (Wildman–Crippen LogP) is 2.30. The first-order chi connectivity index (χ1) is 8.36. The molecular weight excluding hydrogens is 250 g/mol. The molecule has 0 aromatic heterocycles. The third-order valence-corrected chi connectivity index (χ3v) is 3.75.